The van der Waals surface area contributed by atoms with Crippen molar-refractivity contribution in [2.75, 3.05) is 25.4 Å². The van der Waals surface area contributed by atoms with Gasteiger partial charge in [-0.2, -0.15) is 0 Å². The molecule has 0 radical (unpaired) electrons. The number of nitrogen functional groups attached to an aromatic ring is 1. The first-order valence-electron chi connectivity index (χ1n) is 15.6. The van der Waals surface area contributed by atoms with Crippen molar-refractivity contribution >= 4 is 28.4 Å². The molecule has 218 valence electrons. The number of ether oxygens (including phenoxy) is 1. The Hall–Kier alpha value is -2.87. The number of aromatic nitrogens is 1. The fourth-order valence-corrected chi connectivity index (χ4v) is 7.21. The summed E-state index contributed by atoms with van der Waals surface area (Å²) in [4.78, 5) is 32.2. The van der Waals surface area contributed by atoms with Crippen LogP contribution in [0.25, 0.3) is 10.8 Å². The van der Waals surface area contributed by atoms with Crippen LogP contribution < -0.4 is 21.1 Å². The van der Waals surface area contributed by atoms with Crippen LogP contribution in [0.5, 0.6) is 5.75 Å². The van der Waals surface area contributed by atoms with Gasteiger partial charge >= 0.3 is 0 Å². The Balaban J connectivity index is 1.05. The number of carbonyl (C=O) groups is 2. The first kappa shape index (κ1) is 28.7. The molecule has 2 aromatic rings. The molecule has 2 aliphatic carbocycles. The van der Waals surface area contributed by atoms with Gasteiger partial charge in [0.1, 0.15) is 11.6 Å². The number of piperidine rings is 1. The van der Waals surface area contributed by atoms with Crippen molar-refractivity contribution in [1.82, 2.24) is 20.5 Å². The standard InChI is InChI=1S/C32H47N5O3/c1-22(35-21-30(38)36-26-11-10-24(19-26)23-7-3-2-4-8-23)32(39)37-17-6-5-9-27(37)15-18-40-28-12-13-29-25(20-28)14-16-34-31(29)33/h12-14,16,20,22-24,26-27,35H,2-11,15,17-19,21H2,1H3,(H2,33,34)(H,36,38)/t22-,24?,26?,27?/m0/s1. The van der Waals surface area contributed by atoms with Gasteiger partial charge in [-0.05, 0) is 86.9 Å². The third-order valence-corrected chi connectivity index (χ3v) is 9.49. The highest BCUT2D eigenvalue weighted by Gasteiger charge is 2.33. The molecule has 40 heavy (non-hydrogen) atoms. The number of amides is 2. The Labute approximate surface area is 238 Å². The molecule has 2 amide bonds. The molecule has 8 heteroatoms. The fourth-order valence-electron chi connectivity index (χ4n) is 7.21. The molecule has 2 saturated carbocycles. The van der Waals surface area contributed by atoms with E-state index >= 15 is 0 Å². The molecule has 0 spiro atoms. The van der Waals surface area contributed by atoms with Gasteiger partial charge in [-0.15, -0.1) is 0 Å². The maximum Gasteiger partial charge on any atom is 0.239 e. The zero-order valence-electron chi connectivity index (χ0n) is 24.1. The molecular formula is C32H47N5O3. The predicted molar refractivity (Wildman–Crippen MR) is 159 cm³/mol. The van der Waals surface area contributed by atoms with Gasteiger partial charge in [0, 0.05) is 36.6 Å². The Kier molecular flexibility index (Phi) is 9.79. The van der Waals surface area contributed by atoms with E-state index in [0.29, 0.717) is 12.4 Å². The van der Waals surface area contributed by atoms with Gasteiger partial charge in [-0.1, -0.05) is 32.1 Å². The molecule has 3 aliphatic rings. The highest BCUT2D eigenvalue weighted by atomic mass is 16.5. The number of pyridine rings is 1. The van der Waals surface area contributed by atoms with E-state index < -0.39 is 6.04 Å². The van der Waals surface area contributed by atoms with Crippen LogP contribution in [0.15, 0.2) is 30.5 Å². The van der Waals surface area contributed by atoms with Gasteiger partial charge in [0.15, 0.2) is 0 Å². The van der Waals surface area contributed by atoms with E-state index in [1.54, 1.807) is 6.20 Å². The second-order valence-electron chi connectivity index (χ2n) is 12.2. The van der Waals surface area contributed by atoms with Gasteiger partial charge in [-0.25, -0.2) is 4.98 Å². The van der Waals surface area contributed by atoms with Crippen molar-refractivity contribution in [3.8, 4) is 5.75 Å². The van der Waals surface area contributed by atoms with Crippen LogP contribution in [0.3, 0.4) is 0 Å². The fraction of sp³-hybridized carbons (Fsp3) is 0.656. The molecule has 1 saturated heterocycles. The van der Waals surface area contributed by atoms with Crippen molar-refractivity contribution < 1.29 is 14.3 Å². The van der Waals surface area contributed by atoms with E-state index in [2.05, 4.69) is 15.6 Å². The number of carbonyl (C=O) groups excluding carboxylic acids is 2. The number of anilines is 1. The van der Waals surface area contributed by atoms with Crippen molar-refractivity contribution in [3.05, 3.63) is 30.5 Å². The van der Waals surface area contributed by atoms with E-state index in [-0.39, 0.29) is 30.4 Å². The summed E-state index contributed by atoms with van der Waals surface area (Å²) in [6, 6.07) is 7.81. The number of hydrogen-bond donors (Lipinski definition) is 3. The second kappa shape index (κ2) is 13.7. The summed E-state index contributed by atoms with van der Waals surface area (Å²) in [5, 5.41) is 8.35. The quantitative estimate of drug-likeness (QED) is 0.392. The third kappa shape index (κ3) is 7.25. The molecular weight excluding hydrogens is 502 g/mol. The summed E-state index contributed by atoms with van der Waals surface area (Å²) in [7, 11) is 0. The van der Waals surface area contributed by atoms with Crippen LogP contribution in [0, 0.1) is 11.8 Å². The number of fused-ring (bicyclic) bond motifs is 1. The van der Waals surface area contributed by atoms with E-state index in [1.807, 2.05) is 36.1 Å². The molecule has 3 unspecified atom stereocenters. The lowest BCUT2D eigenvalue weighted by molar-refractivity contribution is -0.137. The highest BCUT2D eigenvalue weighted by molar-refractivity contribution is 5.91. The Morgan fingerprint density at radius 1 is 1.05 bits per heavy atom. The number of nitrogens with one attached hydrogen (secondary N) is 2. The maximum atomic E-state index is 13.4. The lowest BCUT2D eigenvalue weighted by Gasteiger charge is -2.37. The summed E-state index contributed by atoms with van der Waals surface area (Å²) in [5.74, 6) is 3.02. The van der Waals surface area contributed by atoms with E-state index in [0.717, 1.165) is 73.4 Å². The Bertz CT molecular complexity index is 1150. The second-order valence-corrected chi connectivity index (χ2v) is 12.2. The van der Waals surface area contributed by atoms with Gasteiger partial charge < -0.3 is 20.7 Å². The van der Waals surface area contributed by atoms with Gasteiger partial charge in [0.05, 0.1) is 19.2 Å². The highest BCUT2D eigenvalue weighted by Crippen LogP contribution is 2.39. The topological polar surface area (TPSA) is 110 Å². The zero-order valence-corrected chi connectivity index (χ0v) is 24.1. The largest absolute Gasteiger partial charge is 0.493 e. The van der Waals surface area contributed by atoms with E-state index in [9.17, 15) is 9.59 Å². The maximum absolute atomic E-state index is 13.4. The van der Waals surface area contributed by atoms with Crippen LogP contribution >= 0.6 is 0 Å². The van der Waals surface area contributed by atoms with Crippen LogP contribution in [0.4, 0.5) is 5.82 Å². The molecule has 8 nitrogen and oxygen atoms in total. The first-order chi connectivity index (χ1) is 19.5. The Morgan fingerprint density at radius 2 is 1.88 bits per heavy atom. The average Bonchev–Trinajstić information content (AvgIpc) is 3.45. The minimum atomic E-state index is -0.398. The minimum absolute atomic E-state index is 0.00506. The molecule has 2 heterocycles. The molecule has 0 bridgehead atoms. The van der Waals surface area contributed by atoms with Crippen LogP contribution in [0.2, 0.25) is 0 Å². The summed E-state index contributed by atoms with van der Waals surface area (Å²) in [5.41, 5.74) is 5.96. The number of rotatable bonds is 10. The summed E-state index contributed by atoms with van der Waals surface area (Å²) in [6.07, 6.45) is 15.9. The minimum Gasteiger partial charge on any atom is -0.493 e. The number of nitrogens with zero attached hydrogens (tertiary/aromatic N) is 2. The van der Waals surface area contributed by atoms with Crippen LogP contribution in [0.1, 0.15) is 84.0 Å². The smallest absolute Gasteiger partial charge is 0.239 e. The average molecular weight is 550 g/mol. The molecule has 1 aliphatic heterocycles. The number of benzene rings is 1. The molecule has 5 rings (SSSR count). The zero-order chi connectivity index (χ0) is 27.9. The van der Waals surface area contributed by atoms with E-state index in [1.165, 1.54) is 38.5 Å². The monoisotopic (exact) mass is 549 g/mol. The molecule has 4 atom stereocenters. The summed E-state index contributed by atoms with van der Waals surface area (Å²) in [6.45, 7) is 3.35. The lowest BCUT2D eigenvalue weighted by atomic mass is 9.79. The van der Waals surface area contributed by atoms with Gasteiger partial charge in [0.25, 0.3) is 0 Å². The lowest BCUT2D eigenvalue weighted by Crippen LogP contribution is -2.53. The first-order valence-corrected chi connectivity index (χ1v) is 15.6. The van der Waals surface area contributed by atoms with Crippen molar-refractivity contribution in [2.24, 2.45) is 11.8 Å². The van der Waals surface area contributed by atoms with Crippen molar-refractivity contribution in [1.29, 1.82) is 0 Å². The van der Waals surface area contributed by atoms with Crippen LogP contribution in [-0.2, 0) is 9.59 Å². The normalized spacial score (nSPS) is 24.6. The number of hydrogen-bond acceptors (Lipinski definition) is 6. The van der Waals surface area contributed by atoms with Crippen LogP contribution in [-0.4, -0.2) is 59.5 Å². The van der Waals surface area contributed by atoms with Crippen molar-refractivity contribution in [2.45, 2.75) is 102 Å². The molecule has 4 N–H and O–H groups in total. The summed E-state index contributed by atoms with van der Waals surface area (Å²) < 4.78 is 6.07. The number of nitrogens with two attached hydrogens (primary N) is 1. The molecule has 3 fully saturated rings. The van der Waals surface area contributed by atoms with E-state index in [4.69, 9.17) is 10.5 Å². The summed E-state index contributed by atoms with van der Waals surface area (Å²) >= 11 is 0. The van der Waals surface area contributed by atoms with Crippen molar-refractivity contribution in [3.63, 3.8) is 0 Å². The molecule has 1 aromatic carbocycles. The van der Waals surface area contributed by atoms with Gasteiger partial charge in [-0.3, -0.25) is 14.9 Å². The molecule has 1 aromatic heterocycles. The third-order valence-electron chi connectivity index (χ3n) is 9.49. The Morgan fingerprint density at radius 3 is 2.73 bits per heavy atom. The predicted octanol–water partition coefficient (Wildman–Crippen LogP) is 4.81. The number of likely N-dealkylation sites (tertiary alicyclic amines) is 1. The van der Waals surface area contributed by atoms with Gasteiger partial charge in [0.2, 0.25) is 11.8 Å². The SMILES string of the molecule is C[C@H](NCC(=O)NC1CCC(C2CCCCC2)C1)C(=O)N1CCCCC1CCOc1ccc2c(N)nccc2c1.